The molecule has 1 fully saturated rings. The molecule has 7 heteroatoms. The van der Waals surface area contributed by atoms with Crippen molar-refractivity contribution in [2.24, 2.45) is 0 Å². The number of nitrogens with zero attached hydrogens (tertiary/aromatic N) is 2. The summed E-state index contributed by atoms with van der Waals surface area (Å²) in [7, 11) is -3.60. The smallest absolute Gasteiger partial charge is 0.338 e. The quantitative estimate of drug-likeness (QED) is 0.739. The fourth-order valence-electron chi connectivity index (χ4n) is 3.00. The highest BCUT2D eigenvalue weighted by Gasteiger charge is 2.26. The highest BCUT2D eigenvalue weighted by Crippen LogP contribution is 2.21. The molecule has 0 atom stereocenters. The van der Waals surface area contributed by atoms with Gasteiger partial charge in [-0.2, -0.15) is 9.57 Å². The fraction of sp³-hybridized carbons (Fsp3) is 0.300. The zero-order valence-electron chi connectivity index (χ0n) is 14.8. The van der Waals surface area contributed by atoms with Crippen LogP contribution >= 0.6 is 0 Å². The lowest BCUT2D eigenvalue weighted by Gasteiger charge is -2.25. The van der Waals surface area contributed by atoms with E-state index in [1.54, 1.807) is 30.3 Å². The standard InChI is InChI=1S/C20H20N2O4S/c21-14-16-6-4-7-17(12-16)15-26-20(23)18-8-5-9-19(13-18)27(24,25)22-10-2-1-3-11-22/h4-9,12-13H,1-3,10-11,15H2. The lowest BCUT2D eigenvalue weighted by molar-refractivity contribution is 0.0472. The first-order chi connectivity index (χ1) is 13.0. The second-order valence-electron chi connectivity index (χ2n) is 6.38. The van der Waals surface area contributed by atoms with Crippen LogP contribution in [0.5, 0.6) is 0 Å². The van der Waals surface area contributed by atoms with Gasteiger partial charge in [-0.15, -0.1) is 0 Å². The van der Waals surface area contributed by atoms with E-state index in [2.05, 4.69) is 0 Å². The molecule has 1 aliphatic rings. The Bertz CT molecular complexity index is 973. The van der Waals surface area contributed by atoms with Crippen LogP contribution in [-0.4, -0.2) is 31.8 Å². The van der Waals surface area contributed by atoms with Crippen molar-refractivity contribution < 1.29 is 17.9 Å². The van der Waals surface area contributed by atoms with Gasteiger partial charge in [-0.1, -0.05) is 24.6 Å². The second kappa shape index (κ2) is 8.33. The number of hydrogen-bond donors (Lipinski definition) is 0. The van der Waals surface area contributed by atoms with E-state index in [1.165, 1.54) is 22.5 Å². The fourth-order valence-corrected chi connectivity index (χ4v) is 4.56. The lowest BCUT2D eigenvalue weighted by Crippen LogP contribution is -2.35. The summed E-state index contributed by atoms with van der Waals surface area (Å²) in [6.07, 6.45) is 2.73. The lowest BCUT2D eigenvalue weighted by atomic mass is 10.1. The van der Waals surface area contributed by atoms with Crippen molar-refractivity contribution >= 4 is 16.0 Å². The van der Waals surface area contributed by atoms with E-state index < -0.39 is 16.0 Å². The minimum absolute atomic E-state index is 0.0114. The number of hydrogen-bond acceptors (Lipinski definition) is 5. The zero-order chi connectivity index (χ0) is 19.3. The number of benzene rings is 2. The molecule has 3 rings (SSSR count). The number of carbonyl (C=O) groups is 1. The van der Waals surface area contributed by atoms with Crippen molar-refractivity contribution in [3.05, 3.63) is 65.2 Å². The van der Waals surface area contributed by atoms with Crippen LogP contribution in [0, 0.1) is 11.3 Å². The van der Waals surface area contributed by atoms with E-state index >= 15 is 0 Å². The van der Waals surface area contributed by atoms with Crippen LogP contribution in [0.15, 0.2) is 53.4 Å². The molecule has 0 bridgehead atoms. The minimum Gasteiger partial charge on any atom is -0.457 e. The molecule has 0 aromatic heterocycles. The van der Waals surface area contributed by atoms with Crippen LogP contribution in [-0.2, 0) is 21.4 Å². The van der Waals surface area contributed by atoms with Crippen molar-refractivity contribution in [3.8, 4) is 6.07 Å². The Morgan fingerprint density at radius 2 is 1.81 bits per heavy atom. The first-order valence-corrected chi connectivity index (χ1v) is 10.2. The number of nitriles is 1. The van der Waals surface area contributed by atoms with Gasteiger partial charge in [0.25, 0.3) is 0 Å². The van der Waals surface area contributed by atoms with Gasteiger partial charge in [-0.25, -0.2) is 13.2 Å². The van der Waals surface area contributed by atoms with E-state index in [0.717, 1.165) is 19.3 Å². The van der Waals surface area contributed by atoms with E-state index in [-0.39, 0.29) is 17.1 Å². The number of carbonyl (C=O) groups excluding carboxylic acids is 1. The summed E-state index contributed by atoms with van der Waals surface area (Å²) in [5.74, 6) is -0.604. The highest BCUT2D eigenvalue weighted by atomic mass is 32.2. The third-order valence-corrected chi connectivity index (χ3v) is 6.34. The second-order valence-corrected chi connectivity index (χ2v) is 8.32. The van der Waals surface area contributed by atoms with Crippen molar-refractivity contribution in [1.82, 2.24) is 4.31 Å². The highest BCUT2D eigenvalue weighted by molar-refractivity contribution is 7.89. The van der Waals surface area contributed by atoms with Crippen molar-refractivity contribution in [2.75, 3.05) is 13.1 Å². The van der Waals surface area contributed by atoms with Crippen LogP contribution in [0.2, 0.25) is 0 Å². The largest absolute Gasteiger partial charge is 0.457 e. The molecule has 0 radical (unpaired) electrons. The van der Waals surface area contributed by atoms with Crippen LogP contribution < -0.4 is 0 Å². The predicted octanol–water partition coefficient (Wildman–Crippen LogP) is 3.09. The SMILES string of the molecule is N#Cc1cccc(COC(=O)c2cccc(S(=O)(=O)N3CCCCC3)c2)c1. The molecule has 0 saturated carbocycles. The third kappa shape index (κ3) is 4.54. The van der Waals surface area contributed by atoms with Gasteiger partial charge in [0.05, 0.1) is 22.1 Å². The summed E-state index contributed by atoms with van der Waals surface area (Å²) in [4.78, 5) is 12.4. The Hall–Kier alpha value is -2.69. The van der Waals surface area contributed by atoms with Gasteiger partial charge in [-0.3, -0.25) is 0 Å². The van der Waals surface area contributed by atoms with Gasteiger partial charge in [0.2, 0.25) is 10.0 Å². The monoisotopic (exact) mass is 384 g/mol. The Morgan fingerprint density at radius 3 is 2.56 bits per heavy atom. The molecule has 2 aromatic carbocycles. The maximum absolute atomic E-state index is 12.8. The third-order valence-electron chi connectivity index (χ3n) is 4.45. The molecule has 2 aromatic rings. The molecule has 0 spiro atoms. The molecule has 140 valence electrons. The van der Waals surface area contributed by atoms with E-state index in [0.29, 0.717) is 24.2 Å². The summed E-state index contributed by atoms with van der Waals surface area (Å²) in [5, 5.41) is 8.91. The number of esters is 1. The summed E-state index contributed by atoms with van der Waals surface area (Å²) in [6.45, 7) is 1.02. The maximum atomic E-state index is 12.8. The molecular formula is C20H20N2O4S. The van der Waals surface area contributed by atoms with Gasteiger partial charge in [-0.05, 0) is 48.7 Å². The first kappa shape index (κ1) is 19.1. The molecule has 1 heterocycles. The number of rotatable bonds is 5. The maximum Gasteiger partial charge on any atom is 0.338 e. The van der Waals surface area contributed by atoms with E-state index in [4.69, 9.17) is 10.00 Å². The summed E-state index contributed by atoms with van der Waals surface area (Å²) in [5.41, 5.74) is 1.36. The summed E-state index contributed by atoms with van der Waals surface area (Å²) >= 11 is 0. The van der Waals surface area contributed by atoms with Gasteiger partial charge in [0.15, 0.2) is 0 Å². The Balaban J connectivity index is 1.72. The topological polar surface area (TPSA) is 87.5 Å². The van der Waals surface area contributed by atoms with E-state index in [1.807, 2.05) is 6.07 Å². The van der Waals surface area contributed by atoms with Crippen molar-refractivity contribution in [1.29, 1.82) is 5.26 Å². The first-order valence-electron chi connectivity index (χ1n) is 8.77. The molecule has 6 nitrogen and oxygen atoms in total. The molecule has 0 N–H and O–H groups in total. The normalized spacial score (nSPS) is 15.1. The van der Waals surface area contributed by atoms with Gasteiger partial charge in [0.1, 0.15) is 6.61 Å². The Morgan fingerprint density at radius 1 is 1.07 bits per heavy atom. The van der Waals surface area contributed by atoms with Gasteiger partial charge >= 0.3 is 5.97 Å². The Labute approximate surface area is 159 Å². The molecule has 0 amide bonds. The predicted molar refractivity (Wildman–Crippen MR) is 99.3 cm³/mol. The average Bonchev–Trinajstić information content (AvgIpc) is 2.73. The van der Waals surface area contributed by atoms with Crippen LogP contribution in [0.3, 0.4) is 0 Å². The number of piperidine rings is 1. The number of ether oxygens (including phenoxy) is 1. The summed E-state index contributed by atoms with van der Waals surface area (Å²) < 4.78 is 32.2. The van der Waals surface area contributed by atoms with Crippen LogP contribution in [0.1, 0.15) is 40.7 Å². The molecule has 1 aliphatic heterocycles. The molecule has 0 aliphatic carbocycles. The molecule has 1 saturated heterocycles. The van der Waals surface area contributed by atoms with Crippen LogP contribution in [0.4, 0.5) is 0 Å². The number of sulfonamides is 1. The van der Waals surface area contributed by atoms with E-state index in [9.17, 15) is 13.2 Å². The minimum atomic E-state index is -3.60. The van der Waals surface area contributed by atoms with Gasteiger partial charge in [0, 0.05) is 13.1 Å². The van der Waals surface area contributed by atoms with Crippen molar-refractivity contribution in [2.45, 2.75) is 30.8 Å². The zero-order valence-corrected chi connectivity index (χ0v) is 15.6. The van der Waals surface area contributed by atoms with Crippen molar-refractivity contribution in [3.63, 3.8) is 0 Å². The van der Waals surface area contributed by atoms with Gasteiger partial charge < -0.3 is 4.74 Å². The summed E-state index contributed by atoms with van der Waals surface area (Å²) in [6, 6.07) is 14.7. The molecular weight excluding hydrogens is 364 g/mol. The molecule has 0 unspecified atom stereocenters. The Kier molecular flexibility index (Phi) is 5.89. The van der Waals surface area contributed by atoms with Crippen LogP contribution in [0.25, 0.3) is 0 Å². The molecule has 27 heavy (non-hydrogen) atoms. The average molecular weight is 384 g/mol.